The van der Waals surface area contributed by atoms with E-state index in [0.717, 1.165) is 24.3 Å². The third-order valence-corrected chi connectivity index (χ3v) is 4.68. The Morgan fingerprint density at radius 2 is 1.46 bits per heavy atom. The molecular weight excluding hydrogens is 373 g/mol. The minimum Gasteiger partial charge on any atom is -1.00 e. The van der Waals surface area contributed by atoms with E-state index in [4.69, 9.17) is 14.8 Å². The number of hydrogen-bond donors (Lipinski definition) is 4. The largest absolute Gasteiger partial charge is 1.00 e. The van der Waals surface area contributed by atoms with E-state index in [1.54, 1.807) is 0 Å². The van der Waals surface area contributed by atoms with Crippen LogP contribution in [0.5, 0.6) is 5.75 Å². The van der Waals surface area contributed by atoms with Crippen molar-refractivity contribution < 1.29 is 66.8 Å². The molecule has 5 N–H and O–H groups in total. The predicted octanol–water partition coefficient (Wildman–Crippen LogP) is -2.82. The fraction of sp³-hybridized carbons (Fsp3) is 0.0833. The zero-order valence-electron chi connectivity index (χ0n) is 13.3. The van der Waals surface area contributed by atoms with Gasteiger partial charge in [-0.3, -0.25) is 13.9 Å². The van der Waals surface area contributed by atoms with Gasteiger partial charge in [0.05, 0.1) is 16.2 Å². The van der Waals surface area contributed by atoms with Crippen molar-refractivity contribution >= 4 is 36.9 Å². The molecule has 0 saturated carbocycles. The van der Waals surface area contributed by atoms with Gasteiger partial charge in [-0.1, -0.05) is 0 Å². The minimum atomic E-state index is -4.66. The maximum Gasteiger partial charge on any atom is 1.00 e. The predicted molar refractivity (Wildman–Crippen MR) is 79.3 cm³/mol. The van der Waals surface area contributed by atoms with E-state index in [1.165, 1.54) is 0 Å². The molecule has 0 heterocycles. The summed E-state index contributed by atoms with van der Waals surface area (Å²) in [4.78, 5) is 9.81. The molecule has 12 heteroatoms. The maximum atomic E-state index is 11.3. The van der Waals surface area contributed by atoms with Gasteiger partial charge in [-0.25, -0.2) is 0 Å². The standard InChI is InChI=1S/C12H11NO8S2.Na.H/c13-11(15)4-7-3-8(22(16,17)18)1-6-2-9(23(19,20)21)5-10(14)12(6)7;;/h1-3,5,14H,4H2,(H2,13,15)(H,16,17,18)(H,19,20,21);;/q;+1;-1. The Bertz CT molecular complexity index is 1030. The van der Waals surface area contributed by atoms with Crippen LogP contribution in [0.2, 0.25) is 0 Å². The summed E-state index contributed by atoms with van der Waals surface area (Å²) in [6.45, 7) is 0. The molecule has 126 valence electrons. The van der Waals surface area contributed by atoms with Gasteiger partial charge in [0.15, 0.2) is 0 Å². The molecule has 0 fully saturated rings. The first-order valence-electron chi connectivity index (χ1n) is 5.92. The number of amides is 1. The van der Waals surface area contributed by atoms with Crippen LogP contribution in [0.3, 0.4) is 0 Å². The summed E-state index contributed by atoms with van der Waals surface area (Å²) in [5, 5.41) is 9.82. The Balaban J connectivity index is 0.00000288. The number of phenolic OH excluding ortho intramolecular Hbond substituents is 1. The summed E-state index contributed by atoms with van der Waals surface area (Å²) < 4.78 is 63.1. The Morgan fingerprint density at radius 1 is 1.00 bits per heavy atom. The van der Waals surface area contributed by atoms with Crippen LogP contribution in [0.25, 0.3) is 10.8 Å². The van der Waals surface area contributed by atoms with E-state index < -0.39 is 48.1 Å². The molecule has 0 aromatic heterocycles. The molecular formula is C12H12NNaO8S2. The Kier molecular flexibility index (Phi) is 6.04. The third-order valence-electron chi connectivity index (χ3n) is 3.02. The normalized spacial score (nSPS) is 11.9. The smallest absolute Gasteiger partial charge is 1.00 e. The number of hydrogen-bond acceptors (Lipinski definition) is 6. The van der Waals surface area contributed by atoms with Gasteiger partial charge in [-0.2, -0.15) is 16.8 Å². The Morgan fingerprint density at radius 3 is 1.88 bits per heavy atom. The molecule has 2 aromatic carbocycles. The van der Waals surface area contributed by atoms with Crippen molar-refractivity contribution in [3.05, 3.63) is 29.8 Å². The average molecular weight is 385 g/mol. The van der Waals surface area contributed by atoms with Crippen molar-refractivity contribution in [1.82, 2.24) is 0 Å². The molecule has 0 spiro atoms. The first-order valence-corrected chi connectivity index (χ1v) is 8.80. The van der Waals surface area contributed by atoms with E-state index in [0.29, 0.717) is 0 Å². The van der Waals surface area contributed by atoms with Crippen LogP contribution >= 0.6 is 0 Å². The van der Waals surface area contributed by atoms with Crippen LogP contribution < -0.4 is 35.3 Å². The van der Waals surface area contributed by atoms with Gasteiger partial charge in [-0.05, 0) is 29.1 Å². The van der Waals surface area contributed by atoms with E-state index in [9.17, 15) is 26.7 Å². The fourth-order valence-electron chi connectivity index (χ4n) is 2.15. The van der Waals surface area contributed by atoms with Crippen molar-refractivity contribution in [2.24, 2.45) is 5.73 Å². The summed E-state index contributed by atoms with van der Waals surface area (Å²) in [5.41, 5.74) is 5.03. The van der Waals surface area contributed by atoms with Crippen LogP contribution in [0.4, 0.5) is 0 Å². The molecule has 0 radical (unpaired) electrons. The number of rotatable bonds is 4. The topological polar surface area (TPSA) is 172 Å². The van der Waals surface area contributed by atoms with E-state index >= 15 is 0 Å². The first-order chi connectivity index (χ1) is 10.4. The molecule has 1 amide bonds. The van der Waals surface area contributed by atoms with E-state index in [-0.39, 0.29) is 47.3 Å². The molecule has 0 aliphatic carbocycles. The van der Waals surface area contributed by atoms with Crippen molar-refractivity contribution in [2.45, 2.75) is 16.2 Å². The van der Waals surface area contributed by atoms with Crippen molar-refractivity contribution in [2.75, 3.05) is 0 Å². The SMILES string of the molecule is NC(=O)Cc1cc(S(=O)(=O)O)cc2cc(S(=O)(=O)O)cc(O)c12.[H-].[Na+]. The average Bonchev–Trinajstić information content (AvgIpc) is 2.34. The first kappa shape index (κ1) is 20.8. The van der Waals surface area contributed by atoms with Crippen LogP contribution in [-0.2, 0) is 31.5 Å². The fourth-order valence-corrected chi connectivity index (χ4v) is 3.25. The van der Waals surface area contributed by atoms with Crippen molar-refractivity contribution in [3.63, 3.8) is 0 Å². The Hall–Kier alpha value is -1.21. The van der Waals surface area contributed by atoms with Crippen molar-refractivity contribution in [3.8, 4) is 5.75 Å². The van der Waals surface area contributed by atoms with Crippen LogP contribution in [0.1, 0.15) is 6.99 Å². The second kappa shape index (κ2) is 6.96. The molecule has 24 heavy (non-hydrogen) atoms. The zero-order chi connectivity index (χ0) is 17.6. The van der Waals surface area contributed by atoms with Gasteiger partial charge in [0.25, 0.3) is 20.2 Å². The summed E-state index contributed by atoms with van der Waals surface area (Å²) in [6, 6.07) is 3.47. The van der Waals surface area contributed by atoms with Gasteiger partial charge >= 0.3 is 29.6 Å². The summed E-state index contributed by atoms with van der Waals surface area (Å²) >= 11 is 0. The molecule has 0 bridgehead atoms. The number of aromatic hydroxyl groups is 1. The quantitative estimate of drug-likeness (QED) is 0.322. The number of carbonyl (C=O) groups is 1. The minimum absolute atomic E-state index is 0. The van der Waals surface area contributed by atoms with E-state index in [1.807, 2.05) is 0 Å². The summed E-state index contributed by atoms with van der Waals surface area (Å²) in [5.74, 6) is -1.44. The Labute approximate surface area is 160 Å². The number of nitrogens with two attached hydrogens (primary N) is 1. The van der Waals surface area contributed by atoms with Gasteiger partial charge in [0.1, 0.15) is 5.75 Å². The summed E-state index contributed by atoms with van der Waals surface area (Å²) in [6.07, 6.45) is -0.460. The molecule has 0 saturated heterocycles. The van der Waals surface area contributed by atoms with Crippen LogP contribution in [0.15, 0.2) is 34.1 Å². The van der Waals surface area contributed by atoms with E-state index in [2.05, 4.69) is 0 Å². The second-order valence-corrected chi connectivity index (χ2v) is 7.56. The monoisotopic (exact) mass is 385 g/mol. The van der Waals surface area contributed by atoms with Gasteiger partial charge < -0.3 is 12.3 Å². The second-order valence-electron chi connectivity index (χ2n) is 4.72. The number of carbonyl (C=O) groups excluding carboxylic acids is 1. The molecule has 2 rings (SSSR count). The molecule has 0 atom stereocenters. The molecule has 0 aliphatic heterocycles. The van der Waals surface area contributed by atoms with Gasteiger partial charge in [0.2, 0.25) is 5.91 Å². The zero-order valence-corrected chi connectivity index (χ0v) is 15.9. The van der Waals surface area contributed by atoms with Crippen LogP contribution in [0, 0.1) is 0 Å². The molecule has 0 unspecified atom stereocenters. The number of primary amides is 1. The van der Waals surface area contributed by atoms with Crippen LogP contribution in [-0.4, -0.2) is 37.0 Å². The molecule has 9 nitrogen and oxygen atoms in total. The third kappa shape index (κ3) is 4.45. The van der Waals surface area contributed by atoms with Gasteiger partial charge in [0, 0.05) is 11.5 Å². The van der Waals surface area contributed by atoms with Gasteiger partial charge in [-0.15, -0.1) is 0 Å². The number of phenols is 1. The van der Waals surface area contributed by atoms with Crippen molar-refractivity contribution in [1.29, 1.82) is 0 Å². The maximum absolute atomic E-state index is 11.3. The number of fused-ring (bicyclic) bond motifs is 1. The molecule has 2 aromatic rings. The molecule has 0 aliphatic rings. The number of benzene rings is 2. The summed E-state index contributed by atoms with van der Waals surface area (Å²) in [7, 11) is -9.32.